The van der Waals surface area contributed by atoms with Crippen LogP contribution in [0.1, 0.15) is 12.8 Å². The molecule has 0 aliphatic carbocycles. The minimum atomic E-state index is -4.05. The Morgan fingerprint density at radius 2 is 1.78 bits per heavy atom. The minimum absolute atomic E-state index is 0.0567. The number of rotatable bonds is 5. The first kappa shape index (κ1) is 17.0. The van der Waals surface area contributed by atoms with Crippen LogP contribution in [-0.2, 0) is 24.3 Å². The Kier molecular flexibility index (Phi) is 5.38. The van der Waals surface area contributed by atoms with Crippen molar-refractivity contribution in [3.63, 3.8) is 0 Å². The van der Waals surface area contributed by atoms with Gasteiger partial charge in [-0.05, 0) is 25.0 Å². The first-order chi connectivity index (χ1) is 10.9. The number of esters is 1. The fourth-order valence-corrected chi connectivity index (χ4v) is 3.19. The van der Waals surface area contributed by atoms with Crippen LogP contribution in [0.3, 0.4) is 0 Å². The van der Waals surface area contributed by atoms with E-state index >= 15 is 0 Å². The van der Waals surface area contributed by atoms with Gasteiger partial charge in [-0.1, -0.05) is 18.2 Å². The number of likely N-dealkylation sites (tertiary alicyclic amines) is 1. The summed E-state index contributed by atoms with van der Waals surface area (Å²) in [5.74, 6) is -1.88. The molecule has 0 spiro atoms. The maximum absolute atomic E-state index is 12.2. The van der Waals surface area contributed by atoms with Gasteiger partial charge in [0.2, 0.25) is 0 Å². The van der Waals surface area contributed by atoms with Crippen molar-refractivity contribution >= 4 is 21.9 Å². The second-order valence-electron chi connectivity index (χ2n) is 5.03. The molecule has 0 saturated carbocycles. The van der Waals surface area contributed by atoms with Crippen molar-refractivity contribution in [1.82, 2.24) is 9.62 Å². The van der Waals surface area contributed by atoms with E-state index in [-0.39, 0.29) is 10.5 Å². The molecule has 0 bridgehead atoms. The van der Waals surface area contributed by atoms with E-state index in [9.17, 15) is 18.0 Å². The van der Waals surface area contributed by atoms with Crippen LogP contribution in [0.5, 0.6) is 0 Å². The van der Waals surface area contributed by atoms with E-state index in [1.807, 2.05) is 4.72 Å². The van der Waals surface area contributed by atoms with Crippen molar-refractivity contribution in [1.29, 1.82) is 0 Å². The zero-order chi connectivity index (χ0) is 16.9. The number of carbonyl (C=O) groups is 2. The lowest BCUT2D eigenvalue weighted by Gasteiger charge is -2.14. The molecule has 7 nitrogen and oxygen atoms in total. The van der Waals surface area contributed by atoms with Crippen molar-refractivity contribution in [3.8, 4) is 0 Å². The Labute approximate surface area is 135 Å². The fraction of sp³-hybridized carbons (Fsp3) is 0.333. The van der Waals surface area contributed by atoms with Crippen molar-refractivity contribution in [3.05, 3.63) is 42.1 Å². The first-order valence-corrected chi connectivity index (χ1v) is 8.59. The van der Waals surface area contributed by atoms with E-state index in [4.69, 9.17) is 0 Å². The van der Waals surface area contributed by atoms with Gasteiger partial charge in [0.05, 0.1) is 12.0 Å². The number of sulfonamides is 1. The number of hydrogen-bond acceptors (Lipinski definition) is 6. The van der Waals surface area contributed by atoms with Gasteiger partial charge < -0.3 is 9.64 Å². The van der Waals surface area contributed by atoms with Gasteiger partial charge in [0.15, 0.2) is 0 Å². The summed E-state index contributed by atoms with van der Waals surface area (Å²) >= 11 is 0. The van der Waals surface area contributed by atoms with Crippen molar-refractivity contribution in [2.45, 2.75) is 17.7 Å². The second kappa shape index (κ2) is 7.28. The van der Waals surface area contributed by atoms with E-state index in [1.165, 1.54) is 18.3 Å². The number of benzene rings is 1. The van der Waals surface area contributed by atoms with Crippen LogP contribution in [0.2, 0.25) is 0 Å². The predicted molar refractivity (Wildman–Crippen MR) is 82.7 cm³/mol. The van der Waals surface area contributed by atoms with E-state index < -0.39 is 21.9 Å². The SMILES string of the molecule is COC(=O)/C(=C/N1CCCC1)C(=O)NS(=O)(=O)c1ccccc1. The van der Waals surface area contributed by atoms with Crippen molar-refractivity contribution in [2.24, 2.45) is 0 Å². The summed E-state index contributed by atoms with van der Waals surface area (Å²) in [5, 5.41) is 0. The molecule has 0 atom stereocenters. The zero-order valence-corrected chi connectivity index (χ0v) is 13.5. The highest BCUT2D eigenvalue weighted by atomic mass is 32.2. The molecule has 23 heavy (non-hydrogen) atoms. The standard InChI is InChI=1S/C15H18N2O5S/c1-22-15(19)13(11-17-9-5-6-10-17)14(18)16-23(20,21)12-7-3-2-4-8-12/h2-4,7-8,11H,5-6,9-10H2,1H3,(H,16,18)/b13-11+. The average molecular weight is 338 g/mol. The topological polar surface area (TPSA) is 92.8 Å². The normalized spacial score (nSPS) is 15.3. The molecule has 8 heteroatoms. The Bertz CT molecular complexity index is 707. The zero-order valence-electron chi connectivity index (χ0n) is 12.7. The number of hydrogen-bond donors (Lipinski definition) is 1. The number of ether oxygens (including phenoxy) is 1. The molecule has 0 aromatic heterocycles. The van der Waals surface area contributed by atoms with Gasteiger partial charge in [-0.25, -0.2) is 17.9 Å². The third-order valence-electron chi connectivity index (χ3n) is 3.38. The quantitative estimate of drug-likeness (QED) is 0.367. The van der Waals surface area contributed by atoms with Gasteiger partial charge in [0.1, 0.15) is 5.57 Å². The molecule has 124 valence electrons. The molecule has 1 heterocycles. The number of methoxy groups -OCH3 is 1. The summed E-state index contributed by atoms with van der Waals surface area (Å²) in [6.45, 7) is 1.42. The number of nitrogens with zero attached hydrogens (tertiary/aromatic N) is 1. The lowest BCUT2D eigenvalue weighted by molar-refractivity contribution is -0.137. The summed E-state index contributed by atoms with van der Waals surface area (Å²) < 4.78 is 30.8. The summed E-state index contributed by atoms with van der Waals surface area (Å²) in [7, 11) is -2.91. The van der Waals surface area contributed by atoms with Crippen molar-refractivity contribution < 1.29 is 22.7 Å². The molecule has 1 aliphatic rings. The van der Waals surface area contributed by atoms with Crippen LogP contribution in [0, 0.1) is 0 Å². The van der Waals surface area contributed by atoms with Gasteiger partial charge in [-0.15, -0.1) is 0 Å². The van der Waals surface area contributed by atoms with Crippen LogP contribution >= 0.6 is 0 Å². The van der Waals surface area contributed by atoms with E-state index in [0.717, 1.165) is 20.0 Å². The monoisotopic (exact) mass is 338 g/mol. The molecule has 1 amide bonds. The highest BCUT2D eigenvalue weighted by Gasteiger charge is 2.26. The summed E-state index contributed by atoms with van der Waals surface area (Å²) in [6, 6.07) is 7.46. The molecule has 2 rings (SSSR count). The summed E-state index contributed by atoms with van der Waals surface area (Å²) in [5.41, 5.74) is -0.339. The fourth-order valence-electron chi connectivity index (χ4n) is 2.20. The maximum Gasteiger partial charge on any atom is 0.345 e. The predicted octanol–water partition coefficient (Wildman–Crippen LogP) is 0.644. The van der Waals surface area contributed by atoms with Gasteiger partial charge in [0.25, 0.3) is 15.9 Å². The van der Waals surface area contributed by atoms with Crippen molar-refractivity contribution in [2.75, 3.05) is 20.2 Å². The second-order valence-corrected chi connectivity index (χ2v) is 6.71. The Balaban J connectivity index is 2.22. The summed E-state index contributed by atoms with van der Waals surface area (Å²) in [6.07, 6.45) is 3.26. The molecule has 0 unspecified atom stereocenters. The molecule has 1 saturated heterocycles. The lowest BCUT2D eigenvalue weighted by atomic mass is 10.3. The molecule has 1 aromatic rings. The molecular formula is C15H18N2O5S. The Morgan fingerprint density at radius 3 is 2.35 bits per heavy atom. The Morgan fingerprint density at radius 1 is 1.17 bits per heavy atom. The van der Waals surface area contributed by atoms with Gasteiger partial charge in [0, 0.05) is 19.3 Å². The molecular weight excluding hydrogens is 320 g/mol. The first-order valence-electron chi connectivity index (χ1n) is 7.10. The van der Waals surface area contributed by atoms with Crippen LogP contribution in [0.25, 0.3) is 0 Å². The molecule has 1 fully saturated rings. The molecule has 1 aliphatic heterocycles. The van der Waals surface area contributed by atoms with Gasteiger partial charge in [-0.2, -0.15) is 0 Å². The lowest BCUT2D eigenvalue weighted by Crippen LogP contribution is -2.35. The minimum Gasteiger partial charge on any atom is -0.465 e. The van der Waals surface area contributed by atoms with E-state index in [1.54, 1.807) is 23.1 Å². The van der Waals surface area contributed by atoms with Crippen LogP contribution in [-0.4, -0.2) is 45.4 Å². The van der Waals surface area contributed by atoms with Crippen LogP contribution in [0.4, 0.5) is 0 Å². The smallest absolute Gasteiger partial charge is 0.345 e. The van der Waals surface area contributed by atoms with Crippen LogP contribution in [0.15, 0.2) is 47.0 Å². The maximum atomic E-state index is 12.2. The van der Waals surface area contributed by atoms with E-state index in [0.29, 0.717) is 13.1 Å². The number of amides is 1. The Hall–Kier alpha value is -2.35. The largest absolute Gasteiger partial charge is 0.465 e. The highest BCUT2D eigenvalue weighted by molar-refractivity contribution is 7.90. The van der Waals surface area contributed by atoms with Gasteiger partial charge >= 0.3 is 5.97 Å². The third-order valence-corrected chi connectivity index (χ3v) is 4.73. The number of nitrogens with one attached hydrogen (secondary N) is 1. The molecule has 1 N–H and O–H groups in total. The highest BCUT2D eigenvalue weighted by Crippen LogP contribution is 2.12. The number of carbonyl (C=O) groups excluding carboxylic acids is 2. The van der Waals surface area contributed by atoms with Gasteiger partial charge in [-0.3, -0.25) is 4.79 Å². The third kappa shape index (κ3) is 4.32. The summed E-state index contributed by atoms with van der Waals surface area (Å²) in [4.78, 5) is 25.8. The van der Waals surface area contributed by atoms with Crippen LogP contribution < -0.4 is 4.72 Å². The molecule has 0 radical (unpaired) electrons. The van der Waals surface area contributed by atoms with E-state index in [2.05, 4.69) is 4.74 Å². The average Bonchev–Trinajstić information content (AvgIpc) is 3.05. The molecule has 1 aromatic carbocycles.